The highest BCUT2D eigenvalue weighted by Crippen LogP contribution is 2.30. The predicted octanol–water partition coefficient (Wildman–Crippen LogP) is 4.66. The topological polar surface area (TPSA) is 26.3 Å². The van der Waals surface area contributed by atoms with E-state index in [4.69, 9.17) is 4.74 Å². The fourth-order valence-electron chi connectivity index (χ4n) is 2.14. The summed E-state index contributed by atoms with van der Waals surface area (Å²) in [6, 6.07) is 0. The van der Waals surface area contributed by atoms with E-state index in [-0.39, 0.29) is 5.97 Å². The Hall–Kier alpha value is -1.05. The van der Waals surface area contributed by atoms with E-state index in [0.717, 1.165) is 25.2 Å². The molecule has 1 unspecified atom stereocenters. The van der Waals surface area contributed by atoms with E-state index in [1.807, 2.05) is 19.1 Å². The van der Waals surface area contributed by atoms with Crippen molar-refractivity contribution in [1.29, 1.82) is 0 Å². The molecule has 0 amide bonds. The Kier molecular flexibility index (Phi) is 6.33. The fraction of sp³-hybridized carbons (Fsp3) is 0.706. The van der Waals surface area contributed by atoms with Crippen LogP contribution in [-0.4, -0.2) is 12.6 Å². The maximum atomic E-state index is 12.1. The molecule has 0 aliphatic heterocycles. The molecule has 2 nitrogen and oxygen atoms in total. The molecule has 0 fully saturated rings. The molecular weight excluding hydrogens is 236 g/mol. The standard InChI is InChI=1S/C17H28O2/c1-14(2)8-6-5-7-13-19-16(18)17(4)11-9-15(3)10-12-17/h9-11,14H,5-8,12-13H2,1-4H3. The molecule has 1 rings (SSSR count). The van der Waals surface area contributed by atoms with Crippen LogP contribution in [0.4, 0.5) is 0 Å². The number of rotatable bonds is 7. The Labute approximate surface area is 117 Å². The monoisotopic (exact) mass is 264 g/mol. The van der Waals surface area contributed by atoms with Crippen LogP contribution >= 0.6 is 0 Å². The van der Waals surface area contributed by atoms with E-state index in [9.17, 15) is 4.79 Å². The molecule has 0 aromatic rings. The molecular formula is C17H28O2. The summed E-state index contributed by atoms with van der Waals surface area (Å²) in [7, 11) is 0. The van der Waals surface area contributed by atoms with Gasteiger partial charge in [-0.3, -0.25) is 4.79 Å². The third kappa shape index (κ3) is 5.63. The molecule has 0 spiro atoms. The van der Waals surface area contributed by atoms with Gasteiger partial charge in [0.2, 0.25) is 0 Å². The minimum atomic E-state index is -0.461. The first-order valence-corrected chi connectivity index (χ1v) is 7.47. The predicted molar refractivity (Wildman–Crippen MR) is 79.9 cm³/mol. The average molecular weight is 264 g/mol. The number of hydrogen-bond donors (Lipinski definition) is 0. The Morgan fingerprint density at radius 3 is 2.68 bits per heavy atom. The summed E-state index contributed by atoms with van der Waals surface area (Å²) in [5, 5.41) is 0. The van der Waals surface area contributed by atoms with Crippen LogP contribution in [0.1, 0.15) is 59.8 Å². The van der Waals surface area contributed by atoms with Gasteiger partial charge in [0.15, 0.2) is 0 Å². The van der Waals surface area contributed by atoms with Crippen LogP contribution in [-0.2, 0) is 9.53 Å². The van der Waals surface area contributed by atoms with E-state index in [1.165, 1.54) is 18.4 Å². The van der Waals surface area contributed by atoms with Gasteiger partial charge in [0.05, 0.1) is 12.0 Å². The molecule has 2 heteroatoms. The zero-order valence-electron chi connectivity index (χ0n) is 12.9. The number of hydrogen-bond acceptors (Lipinski definition) is 2. The largest absolute Gasteiger partial charge is 0.465 e. The molecule has 19 heavy (non-hydrogen) atoms. The molecule has 0 aromatic carbocycles. The Morgan fingerprint density at radius 2 is 2.11 bits per heavy atom. The van der Waals surface area contributed by atoms with Crippen LogP contribution in [0, 0.1) is 11.3 Å². The molecule has 0 bridgehead atoms. The minimum absolute atomic E-state index is 0.0867. The molecule has 0 saturated heterocycles. The van der Waals surface area contributed by atoms with Crippen molar-refractivity contribution in [1.82, 2.24) is 0 Å². The van der Waals surface area contributed by atoms with E-state index < -0.39 is 5.41 Å². The lowest BCUT2D eigenvalue weighted by Crippen LogP contribution is -2.29. The summed E-state index contributed by atoms with van der Waals surface area (Å²) in [4.78, 5) is 12.1. The molecule has 0 radical (unpaired) electrons. The van der Waals surface area contributed by atoms with Gasteiger partial charge in [-0.2, -0.15) is 0 Å². The van der Waals surface area contributed by atoms with E-state index in [1.54, 1.807) is 0 Å². The summed E-state index contributed by atoms with van der Waals surface area (Å²) in [6.45, 7) is 9.05. The first-order chi connectivity index (χ1) is 8.94. The minimum Gasteiger partial charge on any atom is -0.465 e. The van der Waals surface area contributed by atoms with Gasteiger partial charge in [0.1, 0.15) is 0 Å². The van der Waals surface area contributed by atoms with Crippen LogP contribution < -0.4 is 0 Å². The van der Waals surface area contributed by atoms with Gasteiger partial charge in [0.25, 0.3) is 0 Å². The van der Waals surface area contributed by atoms with Crippen LogP contribution in [0.15, 0.2) is 23.8 Å². The van der Waals surface area contributed by atoms with Crippen LogP contribution in [0.25, 0.3) is 0 Å². The Balaban J connectivity index is 2.20. The van der Waals surface area contributed by atoms with Gasteiger partial charge in [0, 0.05) is 0 Å². The van der Waals surface area contributed by atoms with Gasteiger partial charge in [-0.15, -0.1) is 0 Å². The van der Waals surface area contributed by atoms with Crippen molar-refractivity contribution in [2.45, 2.75) is 59.8 Å². The van der Waals surface area contributed by atoms with Crippen LogP contribution in [0.2, 0.25) is 0 Å². The molecule has 1 aliphatic rings. The highest BCUT2D eigenvalue weighted by Gasteiger charge is 2.32. The quantitative estimate of drug-likeness (QED) is 0.494. The van der Waals surface area contributed by atoms with Gasteiger partial charge >= 0.3 is 5.97 Å². The highest BCUT2D eigenvalue weighted by molar-refractivity contribution is 5.79. The van der Waals surface area contributed by atoms with Crippen molar-refractivity contribution in [2.24, 2.45) is 11.3 Å². The maximum Gasteiger partial charge on any atom is 0.315 e. The lowest BCUT2D eigenvalue weighted by atomic mass is 9.82. The lowest BCUT2D eigenvalue weighted by molar-refractivity contribution is -0.152. The maximum absolute atomic E-state index is 12.1. The molecule has 0 N–H and O–H groups in total. The second-order valence-electron chi connectivity index (χ2n) is 6.28. The summed E-state index contributed by atoms with van der Waals surface area (Å²) in [5.41, 5.74) is 0.760. The number of esters is 1. The molecule has 0 saturated carbocycles. The summed E-state index contributed by atoms with van der Waals surface area (Å²) < 4.78 is 5.41. The third-order valence-corrected chi connectivity index (χ3v) is 3.69. The molecule has 108 valence electrons. The van der Waals surface area contributed by atoms with E-state index >= 15 is 0 Å². The molecule has 1 aliphatic carbocycles. The first kappa shape index (κ1) is 16.0. The average Bonchev–Trinajstić information content (AvgIpc) is 2.36. The second-order valence-corrected chi connectivity index (χ2v) is 6.28. The van der Waals surface area contributed by atoms with Gasteiger partial charge < -0.3 is 4.74 Å². The summed E-state index contributed by atoms with van der Waals surface area (Å²) in [6.07, 6.45) is 11.5. The zero-order chi connectivity index (χ0) is 14.3. The number of ether oxygens (including phenoxy) is 1. The zero-order valence-corrected chi connectivity index (χ0v) is 12.9. The fourth-order valence-corrected chi connectivity index (χ4v) is 2.14. The highest BCUT2D eigenvalue weighted by atomic mass is 16.5. The van der Waals surface area contributed by atoms with Crippen molar-refractivity contribution in [3.63, 3.8) is 0 Å². The Morgan fingerprint density at radius 1 is 1.37 bits per heavy atom. The Bertz CT molecular complexity index is 352. The lowest BCUT2D eigenvalue weighted by Gasteiger charge is -2.25. The molecule has 1 atom stereocenters. The molecule has 0 aromatic heterocycles. The van der Waals surface area contributed by atoms with Gasteiger partial charge in [-0.25, -0.2) is 0 Å². The third-order valence-electron chi connectivity index (χ3n) is 3.69. The van der Waals surface area contributed by atoms with E-state index in [2.05, 4.69) is 26.8 Å². The van der Waals surface area contributed by atoms with Crippen molar-refractivity contribution >= 4 is 5.97 Å². The SMILES string of the molecule is CC1=CCC(C)(C(=O)OCCCCCC(C)C)C=C1. The van der Waals surface area contributed by atoms with Gasteiger partial charge in [-0.05, 0) is 32.6 Å². The van der Waals surface area contributed by atoms with E-state index in [0.29, 0.717) is 6.61 Å². The number of carbonyl (C=O) groups excluding carboxylic acids is 1. The van der Waals surface area contributed by atoms with Crippen molar-refractivity contribution < 1.29 is 9.53 Å². The molecule has 0 heterocycles. The first-order valence-electron chi connectivity index (χ1n) is 7.47. The van der Waals surface area contributed by atoms with Crippen LogP contribution in [0.5, 0.6) is 0 Å². The smallest absolute Gasteiger partial charge is 0.315 e. The normalized spacial score (nSPS) is 22.5. The number of unbranched alkanes of at least 4 members (excludes halogenated alkanes) is 2. The van der Waals surface area contributed by atoms with Gasteiger partial charge in [-0.1, -0.05) is 56.9 Å². The van der Waals surface area contributed by atoms with Crippen molar-refractivity contribution in [3.8, 4) is 0 Å². The second kappa shape index (κ2) is 7.52. The number of allylic oxidation sites excluding steroid dienone is 3. The number of carbonyl (C=O) groups is 1. The van der Waals surface area contributed by atoms with Crippen LogP contribution in [0.3, 0.4) is 0 Å². The summed E-state index contributed by atoms with van der Waals surface area (Å²) in [5.74, 6) is 0.681. The summed E-state index contributed by atoms with van der Waals surface area (Å²) >= 11 is 0. The van der Waals surface area contributed by atoms with Crippen molar-refractivity contribution in [3.05, 3.63) is 23.8 Å². The van der Waals surface area contributed by atoms with Crippen molar-refractivity contribution in [2.75, 3.05) is 6.61 Å².